The molecule has 0 aromatic carbocycles. The SMILES string of the molecule is C=CCOC(=O)N1CCC(SC2=C(C(=O)O)N3C(=O)[C@@H]([C@H](CC)O[Si](C)(C)C(C)(C)C)[C@H]3S2)C1. The Morgan fingerprint density at radius 3 is 2.62 bits per heavy atom. The molecule has 4 atom stereocenters. The highest BCUT2D eigenvalue weighted by Gasteiger charge is 2.60. The van der Waals surface area contributed by atoms with Crippen LogP contribution in [0, 0.1) is 5.92 Å². The van der Waals surface area contributed by atoms with Crippen LogP contribution in [0.2, 0.25) is 18.1 Å². The van der Waals surface area contributed by atoms with Crippen LogP contribution in [0.15, 0.2) is 22.6 Å². The molecule has 8 nitrogen and oxygen atoms in total. The highest BCUT2D eigenvalue weighted by atomic mass is 32.2. The molecule has 34 heavy (non-hydrogen) atoms. The molecule has 0 radical (unpaired) electrons. The van der Waals surface area contributed by atoms with Crippen LogP contribution in [-0.2, 0) is 18.8 Å². The van der Waals surface area contributed by atoms with E-state index in [9.17, 15) is 19.5 Å². The van der Waals surface area contributed by atoms with Gasteiger partial charge < -0.3 is 19.2 Å². The number of ether oxygens (including phenoxy) is 1. The summed E-state index contributed by atoms with van der Waals surface area (Å²) in [5.41, 5.74) is 0.0658. The molecular weight excluding hydrogens is 492 g/mol. The number of carbonyl (C=O) groups excluding carboxylic acids is 2. The van der Waals surface area contributed by atoms with Crippen molar-refractivity contribution in [2.24, 2.45) is 5.92 Å². The Morgan fingerprint density at radius 2 is 2.06 bits per heavy atom. The van der Waals surface area contributed by atoms with Crippen molar-refractivity contribution in [2.45, 2.75) is 75.4 Å². The predicted octanol–water partition coefficient (Wildman–Crippen LogP) is 4.70. The van der Waals surface area contributed by atoms with Crippen molar-refractivity contribution in [1.29, 1.82) is 0 Å². The molecule has 0 saturated carbocycles. The maximum absolute atomic E-state index is 13.2. The first-order valence-corrected chi connectivity index (χ1v) is 16.3. The van der Waals surface area contributed by atoms with E-state index in [1.807, 2.05) is 6.92 Å². The molecule has 0 bridgehead atoms. The average Bonchev–Trinajstić information content (AvgIpc) is 3.33. The minimum Gasteiger partial charge on any atom is -0.477 e. The summed E-state index contributed by atoms with van der Waals surface area (Å²) in [5.74, 6) is -1.62. The first-order chi connectivity index (χ1) is 15.8. The smallest absolute Gasteiger partial charge is 0.410 e. The van der Waals surface area contributed by atoms with Gasteiger partial charge in [0.1, 0.15) is 12.0 Å². The van der Waals surface area contributed by atoms with E-state index in [-0.39, 0.29) is 52.0 Å². The molecule has 3 rings (SSSR count). The number of carbonyl (C=O) groups is 3. The van der Waals surface area contributed by atoms with Gasteiger partial charge in [-0.05, 0) is 31.0 Å². The first kappa shape index (κ1) is 27.2. The quantitative estimate of drug-likeness (QED) is 0.261. The molecule has 0 aliphatic carbocycles. The Morgan fingerprint density at radius 1 is 1.38 bits per heavy atom. The Kier molecular flexibility index (Phi) is 8.21. The number of carboxylic acids is 1. The van der Waals surface area contributed by atoms with Crippen molar-refractivity contribution in [1.82, 2.24) is 9.80 Å². The van der Waals surface area contributed by atoms with Crippen molar-refractivity contribution < 1.29 is 28.7 Å². The summed E-state index contributed by atoms with van der Waals surface area (Å²) in [4.78, 5) is 40.5. The molecule has 3 aliphatic rings. The number of thioether (sulfide) groups is 2. The van der Waals surface area contributed by atoms with Gasteiger partial charge in [0.2, 0.25) is 5.91 Å². The van der Waals surface area contributed by atoms with Gasteiger partial charge in [-0.3, -0.25) is 9.69 Å². The molecule has 1 N–H and O–H groups in total. The number of nitrogens with zero attached hydrogens (tertiary/aromatic N) is 2. The van der Waals surface area contributed by atoms with Gasteiger partial charge in [-0.25, -0.2) is 9.59 Å². The van der Waals surface area contributed by atoms with Gasteiger partial charge in [0.25, 0.3) is 0 Å². The van der Waals surface area contributed by atoms with Crippen molar-refractivity contribution >= 4 is 49.8 Å². The van der Waals surface area contributed by atoms with Crippen molar-refractivity contribution in [3.8, 4) is 0 Å². The normalized spacial score (nSPS) is 25.8. The number of fused-ring (bicyclic) bond motifs is 1. The molecule has 3 aliphatic heterocycles. The van der Waals surface area contributed by atoms with Crippen LogP contribution in [-0.4, -0.2) is 77.6 Å². The van der Waals surface area contributed by atoms with E-state index < -0.39 is 14.3 Å². The number of rotatable bonds is 9. The lowest BCUT2D eigenvalue weighted by Crippen LogP contribution is -2.63. The lowest BCUT2D eigenvalue weighted by Gasteiger charge is -2.48. The lowest BCUT2D eigenvalue weighted by molar-refractivity contribution is -0.156. The topological polar surface area (TPSA) is 96.4 Å². The van der Waals surface area contributed by atoms with Gasteiger partial charge in [-0.1, -0.05) is 52.1 Å². The number of hydrogen-bond acceptors (Lipinski definition) is 7. The van der Waals surface area contributed by atoms with Crippen LogP contribution in [0.25, 0.3) is 0 Å². The third-order valence-corrected chi connectivity index (χ3v) is 14.4. The number of β-lactam (4-membered cyclic amide) rings is 1. The van der Waals surface area contributed by atoms with Crippen LogP contribution >= 0.6 is 23.5 Å². The van der Waals surface area contributed by atoms with Crippen LogP contribution in [0.4, 0.5) is 4.79 Å². The van der Waals surface area contributed by atoms with Gasteiger partial charge in [0.05, 0.1) is 16.3 Å². The zero-order valence-electron chi connectivity index (χ0n) is 20.8. The van der Waals surface area contributed by atoms with E-state index in [4.69, 9.17) is 9.16 Å². The molecule has 0 aromatic rings. The standard InChI is InChI=1S/C23H36N2O6S2Si/c1-8-12-30-22(29)24-11-10-14(13-24)32-21-17(20(27)28)25-18(26)16(19(25)33-21)15(9-2)31-34(6,7)23(3,4)5/h8,14-16,19H,1,9-13H2,2-7H3,(H,27,28)/t14?,15-,16+,19+/m0/s1. The number of likely N-dealkylation sites (tertiary alicyclic amines) is 1. The molecule has 0 aromatic heterocycles. The number of hydrogen-bond donors (Lipinski definition) is 1. The summed E-state index contributed by atoms with van der Waals surface area (Å²) in [6, 6.07) is 0. The zero-order chi connectivity index (χ0) is 25.4. The molecule has 11 heteroatoms. The average molecular weight is 529 g/mol. The summed E-state index contributed by atoms with van der Waals surface area (Å²) < 4.78 is 12.4. The predicted molar refractivity (Wildman–Crippen MR) is 138 cm³/mol. The second-order valence-electron chi connectivity index (χ2n) is 10.3. The fourth-order valence-electron chi connectivity index (χ4n) is 4.06. The molecular formula is C23H36N2O6S2Si. The van der Waals surface area contributed by atoms with Gasteiger partial charge in [0, 0.05) is 18.3 Å². The fourth-order valence-corrected chi connectivity index (χ4v) is 8.76. The Bertz CT molecular complexity index is 887. The minimum absolute atomic E-state index is 0.0162. The molecule has 1 unspecified atom stereocenters. The van der Waals surface area contributed by atoms with Crippen LogP contribution in [0.1, 0.15) is 40.5 Å². The summed E-state index contributed by atoms with van der Waals surface area (Å²) in [6.45, 7) is 17.6. The van der Waals surface area contributed by atoms with Crippen LogP contribution < -0.4 is 0 Å². The lowest BCUT2D eigenvalue weighted by atomic mass is 9.90. The van der Waals surface area contributed by atoms with E-state index in [0.717, 1.165) is 6.42 Å². The maximum Gasteiger partial charge on any atom is 0.410 e. The van der Waals surface area contributed by atoms with E-state index in [1.54, 1.807) is 4.90 Å². The van der Waals surface area contributed by atoms with E-state index in [1.165, 1.54) is 34.5 Å². The summed E-state index contributed by atoms with van der Waals surface area (Å²) >= 11 is 2.90. The van der Waals surface area contributed by atoms with Crippen molar-refractivity contribution in [2.75, 3.05) is 19.7 Å². The van der Waals surface area contributed by atoms with Crippen LogP contribution in [0.3, 0.4) is 0 Å². The van der Waals surface area contributed by atoms with Gasteiger partial charge in [0.15, 0.2) is 14.0 Å². The van der Waals surface area contributed by atoms with Crippen molar-refractivity contribution in [3.63, 3.8) is 0 Å². The summed E-state index contributed by atoms with van der Waals surface area (Å²) in [7, 11) is -2.09. The highest BCUT2D eigenvalue weighted by Crippen LogP contribution is 2.56. The molecule has 2 amide bonds. The second-order valence-corrected chi connectivity index (χ2v) is 17.8. The van der Waals surface area contributed by atoms with Crippen LogP contribution in [0.5, 0.6) is 0 Å². The van der Waals surface area contributed by atoms with Gasteiger partial charge in [-0.2, -0.15) is 0 Å². The highest BCUT2D eigenvalue weighted by molar-refractivity contribution is 8.23. The van der Waals surface area contributed by atoms with Crippen molar-refractivity contribution in [3.05, 3.63) is 22.6 Å². The Hall–Kier alpha value is -1.43. The van der Waals surface area contributed by atoms with E-state index >= 15 is 0 Å². The molecule has 2 fully saturated rings. The molecule has 190 valence electrons. The van der Waals surface area contributed by atoms with E-state index in [2.05, 4.69) is 40.4 Å². The number of amides is 2. The summed E-state index contributed by atoms with van der Waals surface area (Å²) in [6.07, 6.45) is 2.34. The summed E-state index contributed by atoms with van der Waals surface area (Å²) in [5, 5.41) is 9.72. The number of carboxylic acid groups (broad SMARTS) is 1. The van der Waals surface area contributed by atoms with Gasteiger partial charge >= 0.3 is 12.1 Å². The number of aliphatic carboxylic acids is 1. The fraction of sp³-hybridized carbons (Fsp3) is 0.696. The molecule has 0 spiro atoms. The maximum atomic E-state index is 13.2. The Labute approximate surface area is 211 Å². The minimum atomic E-state index is -2.09. The van der Waals surface area contributed by atoms with E-state index in [0.29, 0.717) is 23.7 Å². The zero-order valence-corrected chi connectivity index (χ0v) is 23.5. The largest absolute Gasteiger partial charge is 0.477 e. The first-order valence-electron chi connectivity index (χ1n) is 11.7. The molecule has 3 heterocycles. The third-order valence-electron chi connectivity index (χ3n) is 7.01. The molecule has 2 saturated heterocycles. The van der Waals surface area contributed by atoms with Gasteiger partial charge in [-0.15, -0.1) is 11.8 Å². The Balaban J connectivity index is 1.71. The second kappa shape index (κ2) is 10.3. The monoisotopic (exact) mass is 528 g/mol. The third kappa shape index (κ3) is 5.22.